The number of benzene rings is 1. The molecule has 0 radical (unpaired) electrons. The van der Waals surface area contributed by atoms with Crippen molar-refractivity contribution >= 4 is 46.4 Å². The summed E-state index contributed by atoms with van der Waals surface area (Å²) in [7, 11) is 0. The average Bonchev–Trinajstić information content (AvgIpc) is 3.58. The predicted octanol–water partition coefficient (Wildman–Crippen LogP) is -0.324. The Labute approximate surface area is 235 Å². The van der Waals surface area contributed by atoms with Crippen LogP contribution in [0.5, 0.6) is 0 Å². The van der Waals surface area contributed by atoms with E-state index in [0.29, 0.717) is 11.4 Å². The second-order valence-corrected chi connectivity index (χ2v) is 10.4. The van der Waals surface area contributed by atoms with Gasteiger partial charge in [0, 0.05) is 41.8 Å². The van der Waals surface area contributed by atoms with Crippen LogP contribution < -0.4 is 21.7 Å². The van der Waals surface area contributed by atoms with Crippen LogP contribution in [0.3, 0.4) is 0 Å². The van der Waals surface area contributed by atoms with E-state index in [1.165, 1.54) is 25.0 Å². The molecule has 5 atom stereocenters. The maximum absolute atomic E-state index is 13.5. The van der Waals surface area contributed by atoms with Crippen LogP contribution in [0.2, 0.25) is 0 Å². The second-order valence-electron chi connectivity index (χ2n) is 9.42. The molecule has 0 bridgehead atoms. The third kappa shape index (κ3) is 8.31. The van der Waals surface area contributed by atoms with E-state index in [-0.39, 0.29) is 19.3 Å². The number of aliphatic hydroxyl groups excluding tert-OH is 1. The van der Waals surface area contributed by atoms with Crippen molar-refractivity contribution in [2.24, 2.45) is 5.73 Å². The van der Waals surface area contributed by atoms with Crippen LogP contribution in [-0.2, 0) is 32.0 Å². The van der Waals surface area contributed by atoms with Gasteiger partial charge in [0.2, 0.25) is 17.7 Å². The molecule has 2 aromatic heterocycles. The lowest BCUT2D eigenvalue weighted by Gasteiger charge is -2.26. The number of aromatic nitrogens is 3. The van der Waals surface area contributed by atoms with Crippen molar-refractivity contribution in [1.29, 1.82) is 0 Å². The number of nitrogens with one attached hydrogen (secondary N) is 5. The Hall–Kier alpha value is -3.88. The number of carboxylic acid groups (broad SMARTS) is 1. The number of amides is 3. The number of nitrogens with two attached hydrogens (primary N) is 1. The molecule has 40 heavy (non-hydrogen) atoms. The quantitative estimate of drug-likeness (QED) is 0.119. The van der Waals surface area contributed by atoms with Gasteiger partial charge in [0.1, 0.15) is 18.1 Å². The van der Waals surface area contributed by atoms with Gasteiger partial charge in [-0.15, -0.1) is 0 Å². The SMILES string of the molecule is CSCCC(NC(=O)C(NC(=O)C(Cc1c[nH]c2ccccc12)NC(=O)C(N)Cc1cnc[nH]1)C(C)O)C(=O)O. The zero-order valence-corrected chi connectivity index (χ0v) is 23.0. The minimum Gasteiger partial charge on any atom is -0.480 e. The standard InChI is InChI=1S/C26H35N7O6S/c1-14(34)22(25(37)31-20(26(38)39)7-8-40-2)33-24(36)21(9-15-11-29-19-6-4-3-5-17(15)19)32-23(35)18(27)10-16-12-28-13-30-16/h3-6,11-14,18,20-22,29,34H,7-10,27H2,1-2H3,(H,28,30)(H,31,37)(H,32,35)(H,33,36)(H,38,39). The Morgan fingerprint density at radius 2 is 1.75 bits per heavy atom. The zero-order chi connectivity index (χ0) is 29.2. The summed E-state index contributed by atoms with van der Waals surface area (Å²) in [5.41, 5.74) is 8.30. The van der Waals surface area contributed by atoms with Gasteiger partial charge in [-0.05, 0) is 37.0 Å². The first-order valence-electron chi connectivity index (χ1n) is 12.7. The number of para-hydroxylation sites is 1. The van der Waals surface area contributed by atoms with Gasteiger partial charge in [0.05, 0.1) is 18.5 Å². The highest BCUT2D eigenvalue weighted by atomic mass is 32.2. The Morgan fingerprint density at radius 3 is 2.40 bits per heavy atom. The smallest absolute Gasteiger partial charge is 0.326 e. The van der Waals surface area contributed by atoms with Crippen LogP contribution in [0.15, 0.2) is 43.0 Å². The van der Waals surface area contributed by atoms with Gasteiger partial charge < -0.3 is 41.9 Å². The fourth-order valence-electron chi connectivity index (χ4n) is 4.15. The number of nitrogens with zero attached hydrogens (tertiary/aromatic N) is 1. The van der Waals surface area contributed by atoms with Crippen molar-refractivity contribution in [3.05, 3.63) is 54.2 Å². The number of aliphatic carboxylic acids is 1. The molecule has 0 saturated heterocycles. The zero-order valence-electron chi connectivity index (χ0n) is 22.2. The summed E-state index contributed by atoms with van der Waals surface area (Å²) < 4.78 is 0. The summed E-state index contributed by atoms with van der Waals surface area (Å²) in [5.74, 6) is -2.95. The number of aromatic amines is 2. The molecular weight excluding hydrogens is 538 g/mol. The maximum Gasteiger partial charge on any atom is 0.326 e. The van der Waals surface area contributed by atoms with Gasteiger partial charge in [-0.2, -0.15) is 11.8 Å². The fraction of sp³-hybridized carbons (Fsp3) is 0.423. The number of aliphatic hydroxyl groups is 1. The summed E-state index contributed by atoms with van der Waals surface area (Å²) in [6.45, 7) is 1.30. The third-order valence-electron chi connectivity index (χ3n) is 6.35. The Kier molecular flexibility index (Phi) is 11.1. The first kappa shape index (κ1) is 30.7. The molecular formula is C26H35N7O6S. The number of imidazole rings is 1. The van der Waals surface area contributed by atoms with Crippen molar-refractivity contribution < 1.29 is 29.4 Å². The molecule has 14 heteroatoms. The van der Waals surface area contributed by atoms with Gasteiger partial charge in [0.15, 0.2) is 0 Å². The number of rotatable bonds is 15. The van der Waals surface area contributed by atoms with E-state index in [2.05, 4.69) is 30.9 Å². The topological polar surface area (TPSA) is 215 Å². The van der Waals surface area contributed by atoms with Crippen LogP contribution in [0, 0.1) is 0 Å². The molecule has 0 aliphatic heterocycles. The normalized spacial score (nSPS) is 15.0. The van der Waals surface area contributed by atoms with E-state index in [4.69, 9.17) is 5.73 Å². The summed E-state index contributed by atoms with van der Waals surface area (Å²) >= 11 is 1.42. The van der Waals surface area contributed by atoms with Crippen LogP contribution >= 0.6 is 11.8 Å². The minimum absolute atomic E-state index is 0.0536. The highest BCUT2D eigenvalue weighted by Crippen LogP contribution is 2.19. The Balaban J connectivity index is 1.80. The summed E-state index contributed by atoms with van der Waals surface area (Å²) in [6.07, 6.45) is 5.55. The molecule has 3 amide bonds. The molecule has 0 spiro atoms. The van der Waals surface area contributed by atoms with E-state index in [0.717, 1.165) is 16.5 Å². The second kappa shape index (κ2) is 14.5. The number of carbonyl (C=O) groups is 4. The summed E-state index contributed by atoms with van der Waals surface area (Å²) in [4.78, 5) is 60.9. The molecule has 0 fully saturated rings. The van der Waals surface area contributed by atoms with Crippen molar-refractivity contribution in [3.63, 3.8) is 0 Å². The van der Waals surface area contributed by atoms with Crippen molar-refractivity contribution in [2.75, 3.05) is 12.0 Å². The van der Waals surface area contributed by atoms with Gasteiger partial charge in [-0.1, -0.05) is 18.2 Å². The number of hydrogen-bond acceptors (Lipinski definition) is 8. The van der Waals surface area contributed by atoms with Crippen LogP contribution in [0.25, 0.3) is 10.9 Å². The van der Waals surface area contributed by atoms with Crippen molar-refractivity contribution in [2.45, 2.75) is 56.5 Å². The van der Waals surface area contributed by atoms with Gasteiger partial charge in [0.25, 0.3) is 0 Å². The number of H-pyrrole nitrogens is 2. The van der Waals surface area contributed by atoms with Gasteiger partial charge in [-0.3, -0.25) is 14.4 Å². The molecule has 0 saturated carbocycles. The molecule has 0 aliphatic rings. The number of fused-ring (bicyclic) bond motifs is 1. The van der Waals surface area contributed by atoms with Crippen LogP contribution in [0.4, 0.5) is 0 Å². The van der Waals surface area contributed by atoms with Gasteiger partial charge >= 0.3 is 5.97 Å². The van der Waals surface area contributed by atoms with Crippen molar-refractivity contribution in [3.8, 4) is 0 Å². The maximum atomic E-state index is 13.5. The number of hydrogen-bond donors (Lipinski definition) is 8. The molecule has 13 nitrogen and oxygen atoms in total. The lowest BCUT2D eigenvalue weighted by atomic mass is 10.0. The lowest BCUT2D eigenvalue weighted by Crippen LogP contribution is -2.60. The highest BCUT2D eigenvalue weighted by molar-refractivity contribution is 7.98. The molecule has 2 heterocycles. The molecule has 3 rings (SSSR count). The van der Waals surface area contributed by atoms with E-state index in [1.54, 1.807) is 12.4 Å². The first-order valence-corrected chi connectivity index (χ1v) is 14.1. The highest BCUT2D eigenvalue weighted by Gasteiger charge is 2.33. The molecule has 1 aromatic carbocycles. The summed E-state index contributed by atoms with van der Waals surface area (Å²) in [6, 6.07) is 2.62. The van der Waals surface area contributed by atoms with E-state index < -0.39 is 54.0 Å². The largest absolute Gasteiger partial charge is 0.480 e. The number of carboxylic acids is 1. The monoisotopic (exact) mass is 573 g/mol. The first-order chi connectivity index (χ1) is 19.1. The van der Waals surface area contributed by atoms with Crippen LogP contribution in [-0.4, -0.2) is 91.1 Å². The van der Waals surface area contributed by atoms with Gasteiger partial charge in [-0.25, -0.2) is 9.78 Å². The molecule has 3 aromatic rings. The molecule has 0 aliphatic carbocycles. The lowest BCUT2D eigenvalue weighted by molar-refractivity contribution is -0.143. The molecule has 5 unspecified atom stereocenters. The predicted molar refractivity (Wildman–Crippen MR) is 150 cm³/mol. The Morgan fingerprint density at radius 1 is 1.02 bits per heavy atom. The number of carbonyl (C=O) groups excluding carboxylic acids is 3. The van der Waals surface area contributed by atoms with Crippen LogP contribution in [0.1, 0.15) is 24.6 Å². The van der Waals surface area contributed by atoms with Crippen molar-refractivity contribution in [1.82, 2.24) is 30.9 Å². The summed E-state index contributed by atoms with van der Waals surface area (Å²) in [5, 5.41) is 28.2. The fourth-order valence-corrected chi connectivity index (χ4v) is 4.62. The minimum atomic E-state index is -1.47. The molecule has 9 N–H and O–H groups in total. The number of thioether (sulfide) groups is 1. The van der Waals surface area contributed by atoms with E-state index in [1.807, 2.05) is 30.5 Å². The van der Waals surface area contributed by atoms with E-state index >= 15 is 0 Å². The average molecular weight is 574 g/mol. The molecule has 216 valence electrons. The third-order valence-corrected chi connectivity index (χ3v) is 7.00. The Bertz CT molecular complexity index is 1300. The van der Waals surface area contributed by atoms with E-state index in [9.17, 15) is 29.4 Å².